The summed E-state index contributed by atoms with van der Waals surface area (Å²) in [6.45, 7) is 1.28. The van der Waals surface area contributed by atoms with Gasteiger partial charge in [-0.25, -0.2) is 0 Å². The number of aromatic hydroxyl groups is 1. The minimum absolute atomic E-state index is 0.119. The van der Waals surface area contributed by atoms with E-state index in [4.69, 9.17) is 21.1 Å². The van der Waals surface area contributed by atoms with Crippen LogP contribution >= 0.6 is 11.6 Å². The fourth-order valence-electron chi connectivity index (χ4n) is 2.52. The number of amides is 1. The molecule has 2 aromatic carbocycles. The van der Waals surface area contributed by atoms with E-state index in [1.807, 2.05) is 6.07 Å². The van der Waals surface area contributed by atoms with Crippen LogP contribution in [0.25, 0.3) is 0 Å². The van der Waals surface area contributed by atoms with Crippen molar-refractivity contribution in [3.05, 3.63) is 53.1 Å². The number of carbonyl (C=O) groups is 1. The summed E-state index contributed by atoms with van der Waals surface area (Å²) < 4.78 is 11.2. The standard InChI is InChI=1S/C18H18ClNO4/c19-12-6-7-17(21)16(9-12)18(22)20-13-3-1-4-14(10-13)24-11-15-5-2-8-23-15/h1,3-4,6-7,9-10,15,21H,2,5,8,11H2,(H,20,22)/t15-/m0/s1. The average Bonchev–Trinajstić information content (AvgIpc) is 3.09. The molecule has 1 fully saturated rings. The molecule has 0 spiro atoms. The lowest BCUT2D eigenvalue weighted by Gasteiger charge is -2.13. The van der Waals surface area contributed by atoms with Gasteiger partial charge in [-0.05, 0) is 43.2 Å². The minimum Gasteiger partial charge on any atom is -0.507 e. The summed E-state index contributed by atoms with van der Waals surface area (Å²) in [6.07, 6.45) is 2.20. The number of carbonyl (C=O) groups excluding carboxylic acids is 1. The van der Waals surface area contributed by atoms with E-state index >= 15 is 0 Å². The monoisotopic (exact) mass is 347 g/mol. The highest BCUT2D eigenvalue weighted by atomic mass is 35.5. The van der Waals surface area contributed by atoms with E-state index in [9.17, 15) is 9.90 Å². The molecule has 0 aromatic heterocycles. The smallest absolute Gasteiger partial charge is 0.259 e. The molecule has 3 rings (SSSR count). The Morgan fingerprint density at radius 3 is 3.00 bits per heavy atom. The number of halogens is 1. The van der Waals surface area contributed by atoms with Crippen LogP contribution in [0.5, 0.6) is 11.5 Å². The fraction of sp³-hybridized carbons (Fsp3) is 0.278. The summed E-state index contributed by atoms with van der Waals surface area (Å²) in [6, 6.07) is 11.4. The summed E-state index contributed by atoms with van der Waals surface area (Å²) in [5.74, 6) is 0.0904. The van der Waals surface area contributed by atoms with Crippen molar-refractivity contribution in [2.45, 2.75) is 18.9 Å². The van der Waals surface area contributed by atoms with Crippen LogP contribution in [0.3, 0.4) is 0 Å². The number of phenolic OH excluding ortho intramolecular Hbond substituents is 1. The Labute approximate surface area is 145 Å². The summed E-state index contributed by atoms with van der Waals surface area (Å²) in [4.78, 5) is 12.3. The van der Waals surface area contributed by atoms with Gasteiger partial charge in [0.1, 0.15) is 18.1 Å². The van der Waals surface area contributed by atoms with Gasteiger partial charge >= 0.3 is 0 Å². The third kappa shape index (κ3) is 4.19. The van der Waals surface area contributed by atoms with Crippen molar-refractivity contribution >= 4 is 23.2 Å². The van der Waals surface area contributed by atoms with Crippen LogP contribution in [-0.4, -0.2) is 30.3 Å². The summed E-state index contributed by atoms with van der Waals surface area (Å²) in [7, 11) is 0. The van der Waals surface area contributed by atoms with E-state index in [1.165, 1.54) is 18.2 Å². The molecule has 0 radical (unpaired) electrons. The number of phenols is 1. The fourth-order valence-corrected chi connectivity index (χ4v) is 2.69. The Kier molecular flexibility index (Phi) is 5.23. The van der Waals surface area contributed by atoms with E-state index in [-0.39, 0.29) is 17.4 Å². The highest BCUT2D eigenvalue weighted by Crippen LogP contribution is 2.24. The first-order valence-electron chi connectivity index (χ1n) is 7.76. The van der Waals surface area contributed by atoms with Gasteiger partial charge < -0.3 is 19.9 Å². The lowest BCUT2D eigenvalue weighted by atomic mass is 10.2. The Morgan fingerprint density at radius 2 is 2.21 bits per heavy atom. The van der Waals surface area contributed by atoms with E-state index in [2.05, 4.69) is 5.32 Å². The first kappa shape index (κ1) is 16.6. The summed E-state index contributed by atoms with van der Waals surface area (Å²) in [5, 5.41) is 12.9. The van der Waals surface area contributed by atoms with Crippen molar-refractivity contribution < 1.29 is 19.4 Å². The molecular weight excluding hydrogens is 330 g/mol. The van der Waals surface area contributed by atoms with Crippen LogP contribution in [-0.2, 0) is 4.74 Å². The maximum absolute atomic E-state index is 12.3. The van der Waals surface area contributed by atoms with Gasteiger partial charge in [0.2, 0.25) is 0 Å². The number of benzene rings is 2. The predicted octanol–water partition coefficient (Wildman–Crippen LogP) is 3.86. The van der Waals surface area contributed by atoms with Crippen molar-refractivity contribution in [3.8, 4) is 11.5 Å². The minimum atomic E-state index is -0.439. The van der Waals surface area contributed by atoms with Gasteiger partial charge in [-0.2, -0.15) is 0 Å². The molecule has 1 saturated heterocycles. The van der Waals surface area contributed by atoms with Gasteiger partial charge in [-0.1, -0.05) is 17.7 Å². The average molecular weight is 348 g/mol. The van der Waals surface area contributed by atoms with Crippen molar-refractivity contribution in [2.24, 2.45) is 0 Å². The predicted molar refractivity (Wildman–Crippen MR) is 92.0 cm³/mol. The molecular formula is C18H18ClNO4. The number of hydrogen-bond donors (Lipinski definition) is 2. The van der Waals surface area contributed by atoms with E-state index in [1.54, 1.807) is 18.2 Å². The number of hydrogen-bond acceptors (Lipinski definition) is 4. The lowest BCUT2D eigenvalue weighted by Crippen LogP contribution is -2.16. The van der Waals surface area contributed by atoms with E-state index < -0.39 is 5.91 Å². The molecule has 1 heterocycles. The molecule has 0 aliphatic carbocycles. The lowest BCUT2D eigenvalue weighted by molar-refractivity contribution is 0.0680. The molecule has 1 atom stereocenters. The number of ether oxygens (including phenoxy) is 2. The van der Waals surface area contributed by atoms with Crippen molar-refractivity contribution in [2.75, 3.05) is 18.5 Å². The second kappa shape index (κ2) is 7.55. The van der Waals surface area contributed by atoms with Gasteiger partial charge in [0.25, 0.3) is 5.91 Å². The van der Waals surface area contributed by atoms with Crippen LogP contribution in [0.4, 0.5) is 5.69 Å². The normalized spacial score (nSPS) is 16.8. The molecule has 0 unspecified atom stereocenters. The van der Waals surface area contributed by atoms with Gasteiger partial charge in [-0.15, -0.1) is 0 Å². The first-order valence-corrected chi connectivity index (χ1v) is 8.14. The molecule has 1 amide bonds. The van der Waals surface area contributed by atoms with Crippen LogP contribution in [0, 0.1) is 0 Å². The molecule has 1 aliphatic rings. The van der Waals surface area contributed by atoms with E-state index in [0.717, 1.165) is 19.4 Å². The molecule has 6 heteroatoms. The summed E-state index contributed by atoms with van der Waals surface area (Å²) in [5.41, 5.74) is 0.692. The Bertz CT molecular complexity index is 729. The maximum Gasteiger partial charge on any atom is 0.259 e. The van der Waals surface area contributed by atoms with Crippen LogP contribution in [0.15, 0.2) is 42.5 Å². The van der Waals surface area contributed by atoms with Crippen LogP contribution in [0.2, 0.25) is 5.02 Å². The highest BCUT2D eigenvalue weighted by molar-refractivity contribution is 6.31. The Balaban J connectivity index is 1.65. The van der Waals surface area contributed by atoms with Gasteiger partial charge in [0.15, 0.2) is 0 Å². The second-order valence-corrected chi connectivity index (χ2v) is 6.03. The zero-order valence-corrected chi connectivity index (χ0v) is 13.8. The molecule has 1 aliphatic heterocycles. The van der Waals surface area contributed by atoms with E-state index in [0.29, 0.717) is 23.1 Å². The Hall–Kier alpha value is -2.24. The molecule has 2 aromatic rings. The molecule has 0 saturated carbocycles. The van der Waals surface area contributed by atoms with Crippen LogP contribution in [0.1, 0.15) is 23.2 Å². The topological polar surface area (TPSA) is 67.8 Å². The molecule has 0 bridgehead atoms. The number of nitrogens with one attached hydrogen (secondary N) is 1. The van der Waals surface area contributed by atoms with Crippen molar-refractivity contribution in [3.63, 3.8) is 0 Å². The first-order chi connectivity index (χ1) is 11.6. The third-order valence-corrected chi connectivity index (χ3v) is 3.99. The number of anilines is 1. The third-order valence-electron chi connectivity index (χ3n) is 3.76. The van der Waals surface area contributed by atoms with Gasteiger partial charge in [-0.3, -0.25) is 4.79 Å². The molecule has 5 nitrogen and oxygen atoms in total. The van der Waals surface area contributed by atoms with Gasteiger partial charge in [0.05, 0.1) is 11.7 Å². The second-order valence-electron chi connectivity index (χ2n) is 5.59. The summed E-state index contributed by atoms with van der Waals surface area (Å²) >= 11 is 5.87. The SMILES string of the molecule is O=C(Nc1cccc(OC[C@@H]2CCCO2)c1)c1cc(Cl)ccc1O. The largest absolute Gasteiger partial charge is 0.507 e. The molecule has 126 valence electrons. The molecule has 2 N–H and O–H groups in total. The maximum atomic E-state index is 12.3. The quantitative estimate of drug-likeness (QED) is 0.862. The molecule has 24 heavy (non-hydrogen) atoms. The Morgan fingerprint density at radius 1 is 1.33 bits per heavy atom. The zero-order chi connectivity index (χ0) is 16.9. The highest BCUT2D eigenvalue weighted by Gasteiger charge is 2.16. The van der Waals surface area contributed by atoms with Gasteiger partial charge in [0, 0.05) is 23.4 Å². The van der Waals surface area contributed by atoms with Crippen LogP contribution < -0.4 is 10.1 Å². The zero-order valence-electron chi connectivity index (χ0n) is 13.0. The number of rotatable bonds is 5. The van der Waals surface area contributed by atoms with Crippen molar-refractivity contribution in [1.29, 1.82) is 0 Å². The van der Waals surface area contributed by atoms with Crippen molar-refractivity contribution in [1.82, 2.24) is 0 Å².